The van der Waals surface area contributed by atoms with E-state index in [1.807, 2.05) is 18.2 Å². The van der Waals surface area contributed by atoms with E-state index in [0.29, 0.717) is 0 Å². The highest BCUT2D eigenvalue weighted by atomic mass is 35.5. The molecule has 0 aromatic heterocycles. The standard InChI is InChI=1S/C13H14ClNO2/c14-10(5-8-1-2-8)9-3-4-12-11(6-9)15-13(16)7-17-12/h3-4,6,8,10H,1-2,5,7H2,(H,15,16). The highest BCUT2D eigenvalue weighted by Gasteiger charge is 2.26. The van der Waals surface area contributed by atoms with Gasteiger partial charge in [-0.15, -0.1) is 11.6 Å². The molecule has 1 saturated carbocycles. The van der Waals surface area contributed by atoms with Crippen molar-refractivity contribution in [2.45, 2.75) is 24.6 Å². The summed E-state index contributed by atoms with van der Waals surface area (Å²) in [5, 5.41) is 2.84. The lowest BCUT2D eigenvalue weighted by Crippen LogP contribution is -2.25. The SMILES string of the molecule is O=C1COc2ccc(C(Cl)CC3CC3)cc2N1. The van der Waals surface area contributed by atoms with Crippen LogP contribution in [0.15, 0.2) is 18.2 Å². The fourth-order valence-corrected chi connectivity index (χ4v) is 2.47. The molecule has 1 aromatic carbocycles. The highest BCUT2D eigenvalue weighted by molar-refractivity contribution is 6.20. The Kier molecular flexibility index (Phi) is 2.71. The Hall–Kier alpha value is -1.22. The van der Waals surface area contributed by atoms with Gasteiger partial charge in [0.25, 0.3) is 5.91 Å². The summed E-state index contributed by atoms with van der Waals surface area (Å²) in [6.45, 7) is 0.0960. The Bertz CT molecular complexity index is 457. The number of amides is 1. The number of hydrogen-bond donors (Lipinski definition) is 1. The molecule has 0 spiro atoms. The minimum Gasteiger partial charge on any atom is -0.482 e. The lowest BCUT2D eigenvalue weighted by Gasteiger charge is -2.19. The topological polar surface area (TPSA) is 38.3 Å². The number of fused-ring (bicyclic) bond motifs is 1. The van der Waals surface area contributed by atoms with E-state index in [9.17, 15) is 4.79 Å². The molecule has 0 saturated heterocycles. The van der Waals surface area contributed by atoms with Gasteiger partial charge in [-0.1, -0.05) is 18.9 Å². The molecule has 1 heterocycles. The number of alkyl halides is 1. The van der Waals surface area contributed by atoms with E-state index < -0.39 is 0 Å². The zero-order valence-electron chi connectivity index (χ0n) is 9.41. The maximum atomic E-state index is 11.2. The molecule has 90 valence electrons. The van der Waals surface area contributed by atoms with Crippen LogP contribution >= 0.6 is 11.6 Å². The Morgan fingerprint density at radius 2 is 2.29 bits per heavy atom. The highest BCUT2D eigenvalue weighted by Crippen LogP contribution is 2.41. The van der Waals surface area contributed by atoms with E-state index in [0.717, 1.165) is 29.3 Å². The van der Waals surface area contributed by atoms with Crippen molar-refractivity contribution in [1.29, 1.82) is 0 Å². The molecule has 1 atom stereocenters. The van der Waals surface area contributed by atoms with E-state index in [-0.39, 0.29) is 17.9 Å². The quantitative estimate of drug-likeness (QED) is 0.839. The third-order valence-electron chi connectivity index (χ3n) is 3.24. The zero-order valence-corrected chi connectivity index (χ0v) is 10.2. The minimum absolute atomic E-state index is 0.0339. The number of anilines is 1. The van der Waals surface area contributed by atoms with Crippen LogP contribution in [-0.2, 0) is 4.79 Å². The van der Waals surface area contributed by atoms with Crippen LogP contribution in [0.25, 0.3) is 0 Å². The number of halogens is 1. The van der Waals surface area contributed by atoms with Crippen LogP contribution in [0.1, 0.15) is 30.2 Å². The molecule has 2 aliphatic rings. The molecular formula is C13H14ClNO2. The molecule has 1 aromatic rings. The Balaban J connectivity index is 1.81. The van der Waals surface area contributed by atoms with Crippen molar-refractivity contribution in [3.8, 4) is 5.75 Å². The summed E-state index contributed by atoms with van der Waals surface area (Å²) in [5.41, 5.74) is 1.79. The van der Waals surface area contributed by atoms with Gasteiger partial charge in [-0.05, 0) is 30.0 Å². The molecule has 1 aliphatic heterocycles. The van der Waals surface area contributed by atoms with Crippen LogP contribution in [0.4, 0.5) is 5.69 Å². The van der Waals surface area contributed by atoms with E-state index in [1.54, 1.807) is 0 Å². The van der Waals surface area contributed by atoms with Crippen LogP contribution in [0.3, 0.4) is 0 Å². The Morgan fingerprint density at radius 1 is 1.47 bits per heavy atom. The number of hydrogen-bond acceptors (Lipinski definition) is 2. The van der Waals surface area contributed by atoms with Crippen molar-refractivity contribution in [1.82, 2.24) is 0 Å². The van der Waals surface area contributed by atoms with Crippen LogP contribution < -0.4 is 10.1 Å². The summed E-state index contributed by atoms with van der Waals surface area (Å²) < 4.78 is 5.31. The fraction of sp³-hybridized carbons (Fsp3) is 0.462. The first-order valence-corrected chi connectivity index (χ1v) is 6.36. The van der Waals surface area contributed by atoms with Gasteiger partial charge in [0.05, 0.1) is 11.1 Å². The van der Waals surface area contributed by atoms with Crippen LogP contribution in [-0.4, -0.2) is 12.5 Å². The Labute approximate surface area is 105 Å². The van der Waals surface area contributed by atoms with Crippen molar-refractivity contribution < 1.29 is 9.53 Å². The van der Waals surface area contributed by atoms with Crippen molar-refractivity contribution in [2.75, 3.05) is 11.9 Å². The molecule has 1 amide bonds. The van der Waals surface area contributed by atoms with Crippen molar-refractivity contribution in [3.63, 3.8) is 0 Å². The number of benzene rings is 1. The van der Waals surface area contributed by atoms with Gasteiger partial charge in [0.15, 0.2) is 6.61 Å². The number of carbonyl (C=O) groups is 1. The lowest BCUT2D eigenvalue weighted by molar-refractivity contribution is -0.118. The normalized spacial score (nSPS) is 20.2. The van der Waals surface area contributed by atoms with Crippen LogP contribution in [0, 0.1) is 5.92 Å². The van der Waals surface area contributed by atoms with E-state index in [2.05, 4.69) is 5.32 Å². The number of nitrogens with one attached hydrogen (secondary N) is 1. The van der Waals surface area contributed by atoms with Gasteiger partial charge >= 0.3 is 0 Å². The molecular weight excluding hydrogens is 238 g/mol. The second kappa shape index (κ2) is 4.22. The maximum Gasteiger partial charge on any atom is 0.262 e. The molecule has 3 rings (SSSR count). The average molecular weight is 252 g/mol. The first kappa shape index (κ1) is 10.9. The molecule has 1 N–H and O–H groups in total. The summed E-state index contributed by atoms with van der Waals surface area (Å²) in [6.07, 6.45) is 3.62. The maximum absolute atomic E-state index is 11.2. The molecule has 1 aliphatic carbocycles. The predicted octanol–water partition coefficient (Wildman–Crippen LogP) is 3.10. The van der Waals surface area contributed by atoms with Gasteiger partial charge in [0, 0.05) is 0 Å². The van der Waals surface area contributed by atoms with E-state index >= 15 is 0 Å². The summed E-state index contributed by atoms with van der Waals surface area (Å²) >= 11 is 6.37. The molecule has 0 bridgehead atoms. The largest absolute Gasteiger partial charge is 0.482 e. The molecule has 0 radical (unpaired) electrons. The lowest BCUT2D eigenvalue weighted by atomic mass is 10.1. The number of rotatable bonds is 3. The third-order valence-corrected chi connectivity index (χ3v) is 3.67. The van der Waals surface area contributed by atoms with Gasteiger partial charge in [0.2, 0.25) is 0 Å². The fourth-order valence-electron chi connectivity index (χ4n) is 2.08. The van der Waals surface area contributed by atoms with Crippen LogP contribution in [0.2, 0.25) is 0 Å². The second-order valence-corrected chi connectivity index (χ2v) is 5.27. The molecule has 3 nitrogen and oxygen atoms in total. The van der Waals surface area contributed by atoms with E-state index in [1.165, 1.54) is 12.8 Å². The van der Waals surface area contributed by atoms with Gasteiger partial charge in [-0.2, -0.15) is 0 Å². The first-order valence-electron chi connectivity index (χ1n) is 5.93. The van der Waals surface area contributed by atoms with Crippen molar-refractivity contribution in [2.24, 2.45) is 5.92 Å². The summed E-state index contributed by atoms with van der Waals surface area (Å²) in [6, 6.07) is 5.79. The average Bonchev–Trinajstić information content (AvgIpc) is 3.12. The van der Waals surface area contributed by atoms with Gasteiger partial charge in [-0.3, -0.25) is 4.79 Å². The predicted molar refractivity (Wildman–Crippen MR) is 66.5 cm³/mol. The molecule has 1 fully saturated rings. The number of ether oxygens (including phenoxy) is 1. The van der Waals surface area contributed by atoms with Crippen molar-refractivity contribution in [3.05, 3.63) is 23.8 Å². The smallest absolute Gasteiger partial charge is 0.262 e. The molecule has 17 heavy (non-hydrogen) atoms. The molecule has 1 unspecified atom stereocenters. The third kappa shape index (κ3) is 2.39. The summed E-state index contributed by atoms with van der Waals surface area (Å²) in [4.78, 5) is 11.2. The van der Waals surface area contributed by atoms with Gasteiger partial charge < -0.3 is 10.1 Å². The summed E-state index contributed by atoms with van der Waals surface area (Å²) in [5.74, 6) is 1.41. The van der Waals surface area contributed by atoms with Crippen molar-refractivity contribution >= 4 is 23.2 Å². The zero-order chi connectivity index (χ0) is 11.8. The van der Waals surface area contributed by atoms with Crippen LogP contribution in [0.5, 0.6) is 5.75 Å². The van der Waals surface area contributed by atoms with Gasteiger partial charge in [-0.25, -0.2) is 0 Å². The second-order valence-electron chi connectivity index (χ2n) is 4.74. The summed E-state index contributed by atoms with van der Waals surface area (Å²) in [7, 11) is 0. The van der Waals surface area contributed by atoms with E-state index in [4.69, 9.17) is 16.3 Å². The first-order chi connectivity index (χ1) is 8.22. The monoisotopic (exact) mass is 251 g/mol. The minimum atomic E-state index is -0.108. The molecule has 4 heteroatoms. The van der Waals surface area contributed by atoms with Gasteiger partial charge in [0.1, 0.15) is 5.75 Å². The Morgan fingerprint density at radius 3 is 3.06 bits per heavy atom. The number of carbonyl (C=O) groups excluding carboxylic acids is 1.